The number of hydrazone groups is 1. The third kappa shape index (κ3) is 3.38. The van der Waals surface area contributed by atoms with Gasteiger partial charge in [-0.25, -0.2) is 5.43 Å². The van der Waals surface area contributed by atoms with Crippen LogP contribution in [0.15, 0.2) is 35.6 Å². The number of ether oxygens (including phenoxy) is 3. The van der Waals surface area contributed by atoms with E-state index in [-0.39, 0.29) is 5.91 Å². The lowest BCUT2D eigenvalue weighted by atomic mass is 10.2. The minimum Gasteiger partial charge on any atom is -0.496 e. The van der Waals surface area contributed by atoms with Crippen LogP contribution < -0.4 is 19.6 Å². The molecule has 7 nitrogen and oxygen atoms in total. The first-order valence-corrected chi connectivity index (χ1v) is 6.46. The molecule has 2 N–H and O–H groups in total. The topological polar surface area (TPSA) is 84.9 Å². The normalized spacial score (nSPS) is 10.5. The second-order valence-electron chi connectivity index (χ2n) is 4.23. The molecule has 116 valence electrons. The van der Waals surface area contributed by atoms with Crippen molar-refractivity contribution in [2.24, 2.45) is 5.10 Å². The quantitative estimate of drug-likeness (QED) is 0.629. The molecule has 7 heteroatoms. The molecule has 0 aliphatic rings. The van der Waals surface area contributed by atoms with Gasteiger partial charge in [-0.15, -0.1) is 0 Å². The van der Waals surface area contributed by atoms with Crippen molar-refractivity contribution in [1.82, 2.24) is 10.4 Å². The molecule has 0 aliphatic heterocycles. The van der Waals surface area contributed by atoms with Crippen molar-refractivity contribution in [3.05, 3.63) is 41.7 Å². The predicted octanol–water partition coefficient (Wildman–Crippen LogP) is 1.80. The molecular formula is C15H17N3O4. The fourth-order valence-electron chi connectivity index (χ4n) is 1.85. The zero-order chi connectivity index (χ0) is 15.9. The van der Waals surface area contributed by atoms with Gasteiger partial charge in [0, 0.05) is 17.8 Å². The van der Waals surface area contributed by atoms with Crippen molar-refractivity contribution < 1.29 is 19.0 Å². The summed E-state index contributed by atoms with van der Waals surface area (Å²) in [5.41, 5.74) is 3.50. The smallest absolute Gasteiger partial charge is 0.287 e. The lowest BCUT2D eigenvalue weighted by molar-refractivity contribution is 0.0951. The highest BCUT2D eigenvalue weighted by Gasteiger charge is 2.10. The first-order chi connectivity index (χ1) is 10.7. The highest BCUT2D eigenvalue weighted by molar-refractivity contribution is 5.93. The van der Waals surface area contributed by atoms with E-state index in [0.29, 0.717) is 28.5 Å². The average Bonchev–Trinajstić information content (AvgIpc) is 3.08. The number of carbonyl (C=O) groups excluding carboxylic acids is 1. The second kappa shape index (κ2) is 7.16. The highest BCUT2D eigenvalue weighted by Crippen LogP contribution is 2.33. The Labute approximate surface area is 127 Å². The van der Waals surface area contributed by atoms with Gasteiger partial charge in [0.1, 0.15) is 11.4 Å². The van der Waals surface area contributed by atoms with Gasteiger partial charge in [-0.05, 0) is 18.2 Å². The van der Waals surface area contributed by atoms with E-state index in [1.807, 2.05) is 0 Å². The minimum absolute atomic E-state index is 0.333. The predicted molar refractivity (Wildman–Crippen MR) is 82.0 cm³/mol. The van der Waals surface area contributed by atoms with Crippen LogP contribution in [0.25, 0.3) is 0 Å². The second-order valence-corrected chi connectivity index (χ2v) is 4.23. The molecule has 1 aromatic carbocycles. The molecule has 0 saturated carbocycles. The molecule has 1 aromatic heterocycles. The fourth-order valence-corrected chi connectivity index (χ4v) is 1.85. The maximum absolute atomic E-state index is 11.7. The number of aromatic nitrogens is 1. The summed E-state index contributed by atoms with van der Waals surface area (Å²) in [6, 6.07) is 6.78. The van der Waals surface area contributed by atoms with Crippen molar-refractivity contribution in [2.45, 2.75) is 0 Å². The summed E-state index contributed by atoms with van der Waals surface area (Å²) in [6.45, 7) is 0. The molecule has 0 fully saturated rings. The van der Waals surface area contributed by atoms with Crippen LogP contribution in [0.2, 0.25) is 0 Å². The van der Waals surface area contributed by atoms with E-state index in [2.05, 4.69) is 15.5 Å². The third-order valence-corrected chi connectivity index (χ3v) is 2.95. The summed E-state index contributed by atoms with van der Waals surface area (Å²) in [6.07, 6.45) is 3.14. The summed E-state index contributed by atoms with van der Waals surface area (Å²) in [5.74, 6) is 1.31. The SMILES string of the molecule is COc1cc(OC)c(OC)cc1/C=N\NC(=O)c1ccc[nH]1. The number of H-pyrrole nitrogens is 1. The number of benzene rings is 1. The van der Waals surface area contributed by atoms with Gasteiger partial charge >= 0.3 is 0 Å². The van der Waals surface area contributed by atoms with E-state index in [1.54, 1.807) is 37.6 Å². The number of rotatable bonds is 6. The molecule has 0 spiro atoms. The summed E-state index contributed by atoms with van der Waals surface area (Å²) < 4.78 is 15.7. The van der Waals surface area contributed by atoms with Crippen LogP contribution >= 0.6 is 0 Å². The van der Waals surface area contributed by atoms with Crippen LogP contribution in [-0.4, -0.2) is 38.4 Å². The molecule has 0 saturated heterocycles. The Morgan fingerprint density at radius 3 is 2.41 bits per heavy atom. The summed E-state index contributed by atoms with van der Waals surface area (Å²) in [4.78, 5) is 14.5. The molecule has 2 rings (SSSR count). The number of amides is 1. The largest absolute Gasteiger partial charge is 0.496 e. The number of carbonyl (C=O) groups is 1. The molecule has 0 unspecified atom stereocenters. The van der Waals surface area contributed by atoms with Gasteiger partial charge in [-0.3, -0.25) is 4.79 Å². The Balaban J connectivity index is 2.17. The summed E-state index contributed by atoms with van der Waals surface area (Å²) >= 11 is 0. The number of methoxy groups -OCH3 is 3. The number of hydrogen-bond donors (Lipinski definition) is 2. The Morgan fingerprint density at radius 2 is 1.82 bits per heavy atom. The van der Waals surface area contributed by atoms with Crippen molar-refractivity contribution >= 4 is 12.1 Å². The van der Waals surface area contributed by atoms with Crippen molar-refractivity contribution in [3.8, 4) is 17.2 Å². The lowest BCUT2D eigenvalue weighted by Crippen LogP contribution is -2.17. The van der Waals surface area contributed by atoms with E-state index < -0.39 is 0 Å². The van der Waals surface area contributed by atoms with Gasteiger partial charge in [0.05, 0.1) is 27.5 Å². The Kier molecular flexibility index (Phi) is 5.02. The van der Waals surface area contributed by atoms with Gasteiger partial charge < -0.3 is 19.2 Å². The Bertz CT molecular complexity index is 666. The standard InChI is InChI=1S/C15H17N3O4/c1-20-12-8-14(22-3)13(21-2)7-10(12)9-17-18-15(19)11-5-4-6-16-11/h4-9,16H,1-3H3,(H,18,19)/b17-9-. The van der Waals surface area contributed by atoms with E-state index in [9.17, 15) is 4.79 Å². The van der Waals surface area contributed by atoms with E-state index in [4.69, 9.17) is 14.2 Å². The van der Waals surface area contributed by atoms with Gasteiger partial charge in [0.2, 0.25) is 0 Å². The van der Waals surface area contributed by atoms with Gasteiger partial charge in [0.15, 0.2) is 11.5 Å². The molecule has 1 amide bonds. The molecular weight excluding hydrogens is 286 g/mol. The van der Waals surface area contributed by atoms with Crippen molar-refractivity contribution in [2.75, 3.05) is 21.3 Å². The Hall–Kier alpha value is -2.96. The molecule has 0 atom stereocenters. The van der Waals surface area contributed by atoms with Crippen molar-refractivity contribution in [1.29, 1.82) is 0 Å². The lowest BCUT2D eigenvalue weighted by Gasteiger charge is -2.11. The van der Waals surface area contributed by atoms with Gasteiger partial charge in [0.25, 0.3) is 5.91 Å². The molecule has 0 aliphatic carbocycles. The van der Waals surface area contributed by atoms with Crippen molar-refractivity contribution in [3.63, 3.8) is 0 Å². The van der Waals surface area contributed by atoms with Crippen LogP contribution in [-0.2, 0) is 0 Å². The first-order valence-electron chi connectivity index (χ1n) is 6.46. The zero-order valence-corrected chi connectivity index (χ0v) is 12.5. The third-order valence-electron chi connectivity index (χ3n) is 2.95. The van der Waals surface area contributed by atoms with Crippen LogP contribution in [0.4, 0.5) is 0 Å². The average molecular weight is 303 g/mol. The molecule has 0 radical (unpaired) electrons. The van der Waals surface area contributed by atoms with Crippen LogP contribution in [0.3, 0.4) is 0 Å². The number of hydrogen-bond acceptors (Lipinski definition) is 5. The van der Waals surface area contributed by atoms with Crippen LogP contribution in [0.5, 0.6) is 17.2 Å². The highest BCUT2D eigenvalue weighted by atomic mass is 16.5. The number of aromatic amines is 1. The Morgan fingerprint density at radius 1 is 1.14 bits per heavy atom. The van der Waals surface area contributed by atoms with Gasteiger partial charge in [-0.2, -0.15) is 5.10 Å². The monoisotopic (exact) mass is 303 g/mol. The molecule has 1 heterocycles. The summed E-state index contributed by atoms with van der Waals surface area (Å²) in [5, 5.41) is 3.92. The van der Waals surface area contributed by atoms with Gasteiger partial charge in [-0.1, -0.05) is 0 Å². The van der Waals surface area contributed by atoms with E-state index in [0.717, 1.165) is 0 Å². The first kappa shape index (κ1) is 15.4. The van der Waals surface area contributed by atoms with Crippen LogP contribution in [0, 0.1) is 0 Å². The maximum atomic E-state index is 11.7. The number of nitrogens with zero attached hydrogens (tertiary/aromatic N) is 1. The molecule has 22 heavy (non-hydrogen) atoms. The minimum atomic E-state index is -0.333. The summed E-state index contributed by atoms with van der Waals surface area (Å²) in [7, 11) is 4.62. The number of nitrogens with one attached hydrogen (secondary N) is 2. The fraction of sp³-hybridized carbons (Fsp3) is 0.200. The van der Waals surface area contributed by atoms with Crippen LogP contribution in [0.1, 0.15) is 16.1 Å². The van der Waals surface area contributed by atoms with E-state index in [1.165, 1.54) is 20.4 Å². The molecule has 0 bridgehead atoms. The maximum Gasteiger partial charge on any atom is 0.287 e. The zero-order valence-electron chi connectivity index (χ0n) is 12.5. The molecule has 2 aromatic rings. The van der Waals surface area contributed by atoms with E-state index >= 15 is 0 Å².